The van der Waals surface area contributed by atoms with Crippen molar-refractivity contribution in [2.24, 2.45) is 0 Å². The fourth-order valence-corrected chi connectivity index (χ4v) is 2.11. The monoisotopic (exact) mass is 282 g/mol. The van der Waals surface area contributed by atoms with Gasteiger partial charge in [0.05, 0.1) is 0 Å². The topological polar surface area (TPSA) is 41.1 Å². The molecule has 0 fully saturated rings. The lowest BCUT2D eigenvalue weighted by molar-refractivity contribution is 0.0943. The van der Waals surface area contributed by atoms with Crippen LogP contribution in [0.15, 0.2) is 54.6 Å². The molecular formula is C18H22N2O. The molecule has 2 N–H and O–H groups in total. The zero-order chi connectivity index (χ0) is 15.1. The van der Waals surface area contributed by atoms with Crippen LogP contribution in [0.5, 0.6) is 0 Å². The van der Waals surface area contributed by atoms with E-state index in [2.05, 4.69) is 22.8 Å². The first kappa shape index (κ1) is 15.1. The largest absolute Gasteiger partial charge is 0.385 e. The quantitative estimate of drug-likeness (QED) is 0.851. The Morgan fingerprint density at radius 1 is 1.05 bits per heavy atom. The zero-order valence-electron chi connectivity index (χ0n) is 12.6. The van der Waals surface area contributed by atoms with Crippen LogP contribution < -0.4 is 10.6 Å². The molecule has 1 amide bonds. The summed E-state index contributed by atoms with van der Waals surface area (Å²) in [5.74, 6) is -0.0308. The van der Waals surface area contributed by atoms with Crippen molar-refractivity contribution in [1.82, 2.24) is 5.32 Å². The second kappa shape index (κ2) is 7.48. The number of nitrogens with one attached hydrogen (secondary N) is 2. The van der Waals surface area contributed by atoms with Crippen molar-refractivity contribution in [3.63, 3.8) is 0 Å². The van der Waals surface area contributed by atoms with E-state index in [1.165, 1.54) is 5.56 Å². The lowest BCUT2D eigenvalue weighted by atomic mass is 10.1. The van der Waals surface area contributed by atoms with Crippen LogP contribution in [-0.2, 0) is 6.42 Å². The van der Waals surface area contributed by atoms with Gasteiger partial charge in [-0.05, 0) is 44.0 Å². The highest BCUT2D eigenvalue weighted by Crippen LogP contribution is 2.11. The summed E-state index contributed by atoms with van der Waals surface area (Å²) in [5.41, 5.74) is 2.97. The van der Waals surface area contributed by atoms with Crippen molar-refractivity contribution >= 4 is 11.6 Å². The first-order valence-electron chi connectivity index (χ1n) is 7.34. The highest BCUT2D eigenvalue weighted by molar-refractivity contribution is 5.95. The summed E-state index contributed by atoms with van der Waals surface area (Å²) in [5, 5.41) is 6.26. The second-order valence-electron chi connectivity index (χ2n) is 5.37. The third kappa shape index (κ3) is 4.95. The zero-order valence-corrected chi connectivity index (χ0v) is 12.6. The summed E-state index contributed by atoms with van der Waals surface area (Å²) in [6.45, 7) is 4.76. The predicted molar refractivity (Wildman–Crippen MR) is 87.7 cm³/mol. The number of anilines is 1. The molecule has 0 aliphatic carbocycles. The summed E-state index contributed by atoms with van der Waals surface area (Å²) in [6, 6.07) is 18.1. The molecule has 2 aromatic carbocycles. The third-order valence-electron chi connectivity index (χ3n) is 3.13. The lowest BCUT2D eigenvalue weighted by Gasteiger charge is -2.11. The van der Waals surface area contributed by atoms with Gasteiger partial charge in [-0.15, -0.1) is 0 Å². The fraction of sp³-hybridized carbons (Fsp3) is 0.278. The van der Waals surface area contributed by atoms with Crippen LogP contribution in [0.2, 0.25) is 0 Å². The molecule has 0 aromatic heterocycles. The summed E-state index contributed by atoms with van der Waals surface area (Å²) in [6.07, 6.45) is 0.962. The fourth-order valence-electron chi connectivity index (χ4n) is 2.11. The van der Waals surface area contributed by atoms with E-state index in [0.717, 1.165) is 18.7 Å². The maximum atomic E-state index is 12.0. The number of benzene rings is 2. The van der Waals surface area contributed by atoms with E-state index >= 15 is 0 Å². The van der Waals surface area contributed by atoms with Gasteiger partial charge in [-0.1, -0.05) is 36.4 Å². The Labute approximate surface area is 126 Å². The lowest BCUT2D eigenvalue weighted by Crippen LogP contribution is -2.30. The summed E-state index contributed by atoms with van der Waals surface area (Å²) in [4.78, 5) is 12.0. The van der Waals surface area contributed by atoms with Gasteiger partial charge in [-0.2, -0.15) is 0 Å². The molecule has 2 rings (SSSR count). The van der Waals surface area contributed by atoms with Gasteiger partial charge in [0.2, 0.25) is 0 Å². The van der Waals surface area contributed by atoms with E-state index in [4.69, 9.17) is 0 Å². The van der Waals surface area contributed by atoms with Crippen LogP contribution in [0, 0.1) is 0 Å². The third-order valence-corrected chi connectivity index (χ3v) is 3.13. The standard InChI is InChI=1S/C18H22N2O/c1-14(2)20-18(21)16-9-6-10-17(13-16)19-12-11-15-7-4-3-5-8-15/h3-10,13-14,19H,11-12H2,1-2H3,(H,20,21). The molecule has 0 saturated carbocycles. The van der Waals surface area contributed by atoms with Crippen LogP contribution in [0.3, 0.4) is 0 Å². The smallest absolute Gasteiger partial charge is 0.251 e. The number of rotatable bonds is 6. The van der Waals surface area contributed by atoms with E-state index in [9.17, 15) is 4.79 Å². The molecule has 0 bridgehead atoms. The van der Waals surface area contributed by atoms with Gasteiger partial charge in [0, 0.05) is 23.8 Å². The van der Waals surface area contributed by atoms with Gasteiger partial charge >= 0.3 is 0 Å². The van der Waals surface area contributed by atoms with E-state index < -0.39 is 0 Å². The van der Waals surface area contributed by atoms with Crippen LogP contribution >= 0.6 is 0 Å². The number of hydrogen-bond donors (Lipinski definition) is 2. The van der Waals surface area contributed by atoms with Crippen molar-refractivity contribution in [2.45, 2.75) is 26.3 Å². The molecule has 0 unspecified atom stereocenters. The Morgan fingerprint density at radius 2 is 1.81 bits per heavy atom. The molecule has 110 valence electrons. The van der Waals surface area contributed by atoms with Crippen LogP contribution in [0.4, 0.5) is 5.69 Å². The Kier molecular flexibility index (Phi) is 5.38. The van der Waals surface area contributed by atoms with E-state index in [-0.39, 0.29) is 11.9 Å². The minimum atomic E-state index is -0.0308. The normalized spacial score (nSPS) is 10.4. The first-order chi connectivity index (χ1) is 10.1. The highest BCUT2D eigenvalue weighted by atomic mass is 16.1. The maximum Gasteiger partial charge on any atom is 0.251 e. The summed E-state index contributed by atoms with van der Waals surface area (Å²) < 4.78 is 0. The number of amides is 1. The minimum Gasteiger partial charge on any atom is -0.385 e. The molecule has 2 aromatic rings. The summed E-state index contributed by atoms with van der Waals surface area (Å²) >= 11 is 0. The molecule has 3 heteroatoms. The molecule has 0 aliphatic heterocycles. The Hall–Kier alpha value is -2.29. The van der Waals surface area contributed by atoms with Crippen molar-refractivity contribution < 1.29 is 4.79 Å². The number of hydrogen-bond acceptors (Lipinski definition) is 2. The van der Waals surface area contributed by atoms with E-state index in [0.29, 0.717) is 5.56 Å². The Morgan fingerprint density at radius 3 is 2.52 bits per heavy atom. The van der Waals surface area contributed by atoms with Crippen molar-refractivity contribution in [3.8, 4) is 0 Å². The van der Waals surface area contributed by atoms with Crippen molar-refractivity contribution in [3.05, 3.63) is 65.7 Å². The molecule has 3 nitrogen and oxygen atoms in total. The van der Waals surface area contributed by atoms with Crippen LogP contribution in [0.25, 0.3) is 0 Å². The van der Waals surface area contributed by atoms with Gasteiger partial charge in [-0.3, -0.25) is 4.79 Å². The Bertz CT molecular complexity index is 579. The predicted octanol–water partition coefficient (Wildman–Crippen LogP) is 3.48. The first-order valence-corrected chi connectivity index (χ1v) is 7.34. The molecule has 0 radical (unpaired) electrons. The maximum absolute atomic E-state index is 12.0. The van der Waals surface area contributed by atoms with Gasteiger partial charge in [0.25, 0.3) is 5.91 Å². The van der Waals surface area contributed by atoms with E-state index in [1.807, 2.05) is 56.3 Å². The Balaban J connectivity index is 1.90. The average Bonchev–Trinajstić information content (AvgIpc) is 2.48. The molecule has 0 aliphatic rings. The van der Waals surface area contributed by atoms with Crippen molar-refractivity contribution in [2.75, 3.05) is 11.9 Å². The van der Waals surface area contributed by atoms with Crippen molar-refractivity contribution in [1.29, 1.82) is 0 Å². The van der Waals surface area contributed by atoms with E-state index in [1.54, 1.807) is 0 Å². The summed E-state index contributed by atoms with van der Waals surface area (Å²) in [7, 11) is 0. The molecule has 21 heavy (non-hydrogen) atoms. The van der Waals surface area contributed by atoms with Gasteiger partial charge in [0.1, 0.15) is 0 Å². The molecular weight excluding hydrogens is 260 g/mol. The van der Waals surface area contributed by atoms with Crippen LogP contribution in [-0.4, -0.2) is 18.5 Å². The minimum absolute atomic E-state index is 0.0308. The number of carbonyl (C=O) groups is 1. The second-order valence-corrected chi connectivity index (χ2v) is 5.37. The molecule has 0 heterocycles. The number of carbonyl (C=O) groups excluding carboxylic acids is 1. The molecule has 0 saturated heterocycles. The highest BCUT2D eigenvalue weighted by Gasteiger charge is 2.07. The average molecular weight is 282 g/mol. The van der Waals surface area contributed by atoms with Gasteiger partial charge < -0.3 is 10.6 Å². The van der Waals surface area contributed by atoms with Gasteiger partial charge in [0.15, 0.2) is 0 Å². The molecule has 0 atom stereocenters. The van der Waals surface area contributed by atoms with Gasteiger partial charge in [-0.25, -0.2) is 0 Å². The SMILES string of the molecule is CC(C)NC(=O)c1cccc(NCCc2ccccc2)c1. The molecule has 0 spiro atoms. The van der Waals surface area contributed by atoms with Crippen LogP contribution in [0.1, 0.15) is 29.8 Å².